The molecule has 0 aliphatic rings. The van der Waals surface area contributed by atoms with Crippen LogP contribution in [0.1, 0.15) is 10.5 Å². The standard InChI is InChI=1S/C19H16Cl2N2O5/c1-26-14-8-13(15(27-2)7-11(14)20)22-16(24)9-28-19(25)18-17(21)10-5-3-4-6-12(10)23-18/h3-8,23H,9H2,1-2H3,(H,22,24). The molecule has 0 saturated heterocycles. The Morgan fingerprint density at radius 2 is 1.79 bits per heavy atom. The number of esters is 1. The van der Waals surface area contributed by atoms with E-state index in [0.29, 0.717) is 33.1 Å². The highest BCUT2D eigenvalue weighted by Crippen LogP contribution is 2.35. The zero-order chi connectivity index (χ0) is 20.3. The van der Waals surface area contributed by atoms with Gasteiger partial charge in [0.15, 0.2) is 6.61 Å². The molecule has 0 atom stereocenters. The molecule has 1 aromatic heterocycles. The molecule has 28 heavy (non-hydrogen) atoms. The second-order valence-electron chi connectivity index (χ2n) is 5.67. The summed E-state index contributed by atoms with van der Waals surface area (Å²) < 4.78 is 15.4. The number of halogens is 2. The summed E-state index contributed by atoms with van der Waals surface area (Å²) in [6, 6.07) is 10.2. The van der Waals surface area contributed by atoms with Crippen LogP contribution in [-0.2, 0) is 9.53 Å². The van der Waals surface area contributed by atoms with Crippen LogP contribution in [0, 0.1) is 0 Å². The number of carbonyl (C=O) groups is 2. The predicted molar refractivity (Wildman–Crippen MR) is 107 cm³/mol. The number of para-hydroxylation sites is 1. The Hall–Kier alpha value is -2.90. The molecule has 1 heterocycles. The number of anilines is 1. The maximum atomic E-state index is 12.3. The summed E-state index contributed by atoms with van der Waals surface area (Å²) in [6.07, 6.45) is 0. The summed E-state index contributed by atoms with van der Waals surface area (Å²) in [5.41, 5.74) is 1.11. The molecule has 2 aromatic carbocycles. The summed E-state index contributed by atoms with van der Waals surface area (Å²) in [5, 5.41) is 3.85. The monoisotopic (exact) mass is 422 g/mol. The normalized spacial score (nSPS) is 10.6. The molecule has 0 saturated carbocycles. The number of hydrogen-bond acceptors (Lipinski definition) is 5. The van der Waals surface area contributed by atoms with E-state index in [4.69, 9.17) is 37.4 Å². The van der Waals surface area contributed by atoms with Crippen LogP contribution in [0.3, 0.4) is 0 Å². The second kappa shape index (κ2) is 8.41. The van der Waals surface area contributed by atoms with Gasteiger partial charge in [-0.3, -0.25) is 4.79 Å². The van der Waals surface area contributed by atoms with E-state index in [9.17, 15) is 9.59 Å². The first-order valence-corrected chi connectivity index (χ1v) is 8.85. The Balaban J connectivity index is 1.69. The SMILES string of the molecule is COc1cc(NC(=O)COC(=O)c2[nH]c3ccccc3c2Cl)c(OC)cc1Cl. The topological polar surface area (TPSA) is 89.6 Å². The lowest BCUT2D eigenvalue weighted by Gasteiger charge is -2.13. The highest BCUT2D eigenvalue weighted by Gasteiger charge is 2.19. The number of carbonyl (C=O) groups excluding carboxylic acids is 2. The van der Waals surface area contributed by atoms with E-state index < -0.39 is 18.5 Å². The Labute approximate surface area is 170 Å². The van der Waals surface area contributed by atoms with Crippen molar-refractivity contribution in [1.29, 1.82) is 0 Å². The summed E-state index contributed by atoms with van der Waals surface area (Å²) in [4.78, 5) is 27.4. The molecular weight excluding hydrogens is 407 g/mol. The average Bonchev–Trinajstić information content (AvgIpc) is 3.04. The van der Waals surface area contributed by atoms with Gasteiger partial charge in [0.2, 0.25) is 0 Å². The van der Waals surface area contributed by atoms with E-state index >= 15 is 0 Å². The van der Waals surface area contributed by atoms with Gasteiger partial charge in [0.25, 0.3) is 5.91 Å². The molecule has 0 unspecified atom stereocenters. The van der Waals surface area contributed by atoms with Crippen LogP contribution in [-0.4, -0.2) is 37.7 Å². The molecule has 0 spiro atoms. The van der Waals surface area contributed by atoms with Crippen LogP contribution in [0.2, 0.25) is 10.0 Å². The fourth-order valence-corrected chi connectivity index (χ4v) is 3.12. The van der Waals surface area contributed by atoms with Crippen LogP contribution in [0.25, 0.3) is 10.9 Å². The maximum absolute atomic E-state index is 12.3. The fraction of sp³-hybridized carbons (Fsp3) is 0.158. The number of benzene rings is 2. The van der Waals surface area contributed by atoms with Crippen LogP contribution < -0.4 is 14.8 Å². The van der Waals surface area contributed by atoms with Gasteiger partial charge in [-0.05, 0) is 6.07 Å². The largest absolute Gasteiger partial charge is 0.495 e. The summed E-state index contributed by atoms with van der Waals surface area (Å²) in [6.45, 7) is -0.515. The number of ether oxygens (including phenoxy) is 3. The number of H-pyrrole nitrogens is 1. The van der Waals surface area contributed by atoms with Crippen LogP contribution >= 0.6 is 23.2 Å². The first kappa shape index (κ1) is 19.9. The Bertz CT molecular complexity index is 1050. The summed E-state index contributed by atoms with van der Waals surface area (Å²) in [7, 11) is 2.89. The average molecular weight is 423 g/mol. The minimum Gasteiger partial charge on any atom is -0.495 e. The molecule has 0 aliphatic heterocycles. The molecule has 3 aromatic rings. The summed E-state index contributed by atoms with van der Waals surface area (Å²) in [5.74, 6) is -0.607. The van der Waals surface area contributed by atoms with Crippen LogP contribution in [0.15, 0.2) is 36.4 Å². The molecule has 0 radical (unpaired) electrons. The van der Waals surface area contributed by atoms with E-state index in [1.807, 2.05) is 6.07 Å². The third-order valence-corrected chi connectivity index (χ3v) is 4.62. The van der Waals surface area contributed by atoms with Gasteiger partial charge in [0.05, 0.1) is 30.0 Å². The molecule has 3 rings (SSSR count). The lowest BCUT2D eigenvalue weighted by Crippen LogP contribution is -2.21. The van der Waals surface area contributed by atoms with E-state index in [1.165, 1.54) is 26.4 Å². The molecule has 146 valence electrons. The van der Waals surface area contributed by atoms with Crippen LogP contribution in [0.4, 0.5) is 5.69 Å². The first-order valence-electron chi connectivity index (χ1n) is 8.09. The van der Waals surface area contributed by atoms with Gasteiger partial charge in [0, 0.05) is 23.0 Å². The Kier molecular flexibility index (Phi) is 5.96. The quantitative estimate of drug-likeness (QED) is 0.578. The number of rotatable bonds is 6. The van der Waals surface area contributed by atoms with Gasteiger partial charge < -0.3 is 24.5 Å². The third kappa shape index (κ3) is 4.00. The van der Waals surface area contributed by atoms with Crippen molar-refractivity contribution < 1.29 is 23.8 Å². The zero-order valence-corrected chi connectivity index (χ0v) is 16.5. The number of fused-ring (bicyclic) bond motifs is 1. The molecule has 0 aliphatic carbocycles. The molecule has 0 fully saturated rings. The lowest BCUT2D eigenvalue weighted by molar-refractivity contribution is -0.119. The molecule has 9 heteroatoms. The Morgan fingerprint density at radius 1 is 1.07 bits per heavy atom. The number of aromatic nitrogens is 1. The van der Waals surface area contributed by atoms with Crippen molar-refractivity contribution in [3.05, 3.63) is 52.1 Å². The lowest BCUT2D eigenvalue weighted by atomic mass is 10.2. The van der Waals surface area contributed by atoms with Crippen molar-refractivity contribution in [3.63, 3.8) is 0 Å². The fourth-order valence-electron chi connectivity index (χ4n) is 2.60. The molecular formula is C19H16Cl2N2O5. The number of amides is 1. The minimum atomic E-state index is -0.739. The molecule has 7 nitrogen and oxygen atoms in total. The zero-order valence-electron chi connectivity index (χ0n) is 15.0. The van der Waals surface area contributed by atoms with E-state index in [-0.39, 0.29) is 10.7 Å². The highest BCUT2D eigenvalue weighted by atomic mass is 35.5. The van der Waals surface area contributed by atoms with Gasteiger partial charge in [0.1, 0.15) is 17.2 Å². The molecule has 2 N–H and O–H groups in total. The van der Waals surface area contributed by atoms with Crippen LogP contribution in [0.5, 0.6) is 11.5 Å². The van der Waals surface area contributed by atoms with E-state index in [1.54, 1.807) is 18.2 Å². The van der Waals surface area contributed by atoms with Gasteiger partial charge in [-0.25, -0.2) is 4.79 Å². The van der Waals surface area contributed by atoms with E-state index in [2.05, 4.69) is 10.3 Å². The third-order valence-electron chi connectivity index (χ3n) is 3.93. The van der Waals surface area contributed by atoms with Crippen molar-refractivity contribution in [3.8, 4) is 11.5 Å². The number of nitrogens with one attached hydrogen (secondary N) is 2. The molecule has 0 bridgehead atoms. The maximum Gasteiger partial charge on any atom is 0.356 e. The van der Waals surface area contributed by atoms with Crippen molar-refractivity contribution in [1.82, 2.24) is 4.98 Å². The minimum absolute atomic E-state index is 0.0846. The predicted octanol–water partition coefficient (Wildman–Crippen LogP) is 4.29. The van der Waals surface area contributed by atoms with Crippen molar-refractivity contribution >= 4 is 51.7 Å². The Morgan fingerprint density at radius 3 is 2.46 bits per heavy atom. The number of aromatic amines is 1. The smallest absolute Gasteiger partial charge is 0.356 e. The van der Waals surface area contributed by atoms with Crippen molar-refractivity contribution in [2.45, 2.75) is 0 Å². The van der Waals surface area contributed by atoms with Gasteiger partial charge in [-0.15, -0.1) is 0 Å². The van der Waals surface area contributed by atoms with E-state index in [0.717, 1.165) is 0 Å². The number of hydrogen-bond donors (Lipinski definition) is 2. The van der Waals surface area contributed by atoms with Gasteiger partial charge >= 0.3 is 5.97 Å². The van der Waals surface area contributed by atoms with Crippen molar-refractivity contribution in [2.24, 2.45) is 0 Å². The van der Waals surface area contributed by atoms with Gasteiger partial charge in [-0.2, -0.15) is 0 Å². The van der Waals surface area contributed by atoms with Crippen molar-refractivity contribution in [2.75, 3.05) is 26.1 Å². The number of methoxy groups -OCH3 is 2. The summed E-state index contributed by atoms with van der Waals surface area (Å²) >= 11 is 12.2. The highest BCUT2D eigenvalue weighted by molar-refractivity contribution is 6.38. The molecule has 1 amide bonds. The first-order chi connectivity index (χ1) is 13.4. The van der Waals surface area contributed by atoms with Gasteiger partial charge in [-0.1, -0.05) is 41.4 Å². The second-order valence-corrected chi connectivity index (χ2v) is 6.46.